The molecular weight excluding hydrogens is 228 g/mol. The Labute approximate surface area is 112 Å². The number of amides is 1. The molecule has 1 fully saturated rings. The van der Waals surface area contributed by atoms with Gasteiger partial charge in [-0.1, -0.05) is 20.8 Å². The van der Waals surface area contributed by atoms with Crippen LogP contribution < -0.4 is 5.32 Å². The fourth-order valence-electron chi connectivity index (χ4n) is 2.48. The molecule has 18 heavy (non-hydrogen) atoms. The molecule has 1 heterocycles. The first-order valence-corrected chi connectivity index (χ1v) is 7.00. The van der Waals surface area contributed by atoms with Crippen molar-refractivity contribution in [3.8, 4) is 0 Å². The Morgan fingerprint density at radius 1 is 1.33 bits per heavy atom. The summed E-state index contributed by atoms with van der Waals surface area (Å²) in [5, 5.41) is 14.5. The van der Waals surface area contributed by atoms with Crippen LogP contribution in [0.2, 0.25) is 0 Å². The molecule has 0 saturated carbocycles. The van der Waals surface area contributed by atoms with Gasteiger partial charge >= 0.3 is 0 Å². The lowest BCUT2D eigenvalue weighted by Gasteiger charge is -2.35. The lowest BCUT2D eigenvalue weighted by atomic mass is 9.94. The van der Waals surface area contributed by atoms with Crippen LogP contribution in [0.1, 0.15) is 67.7 Å². The molecule has 1 saturated heterocycles. The van der Waals surface area contributed by atoms with Crippen LogP contribution in [0, 0.1) is 0 Å². The summed E-state index contributed by atoms with van der Waals surface area (Å²) in [5.74, 6) is 0.0756. The van der Waals surface area contributed by atoms with Crippen molar-refractivity contribution in [2.45, 2.75) is 84.8 Å². The van der Waals surface area contributed by atoms with E-state index in [1.807, 2.05) is 48.5 Å². The van der Waals surface area contributed by atoms with Crippen LogP contribution >= 0.6 is 0 Å². The molecule has 0 radical (unpaired) electrons. The van der Waals surface area contributed by atoms with Crippen LogP contribution in [0.3, 0.4) is 0 Å². The van der Waals surface area contributed by atoms with Gasteiger partial charge in [0.2, 0.25) is 5.91 Å². The van der Waals surface area contributed by atoms with E-state index in [1.54, 1.807) is 0 Å². The quantitative estimate of drug-likeness (QED) is 0.818. The zero-order valence-corrected chi connectivity index (χ0v) is 13.0. The van der Waals surface area contributed by atoms with Crippen molar-refractivity contribution >= 4 is 5.91 Å². The Balaban J connectivity index is 0.00000137. The summed E-state index contributed by atoms with van der Waals surface area (Å²) in [6.45, 7) is 13.9. The zero-order chi connectivity index (χ0) is 14.6. The molecular formula is C14H30N2O2. The van der Waals surface area contributed by atoms with Gasteiger partial charge in [-0.3, -0.25) is 4.79 Å². The Bertz CT molecular complexity index is 275. The van der Waals surface area contributed by atoms with Crippen molar-refractivity contribution in [1.29, 1.82) is 0 Å². The largest absolute Gasteiger partial charge is 0.351 e. The molecule has 0 aromatic rings. The molecule has 4 heteroatoms. The average molecular weight is 258 g/mol. The summed E-state index contributed by atoms with van der Waals surface area (Å²) < 4.78 is 0. The fourth-order valence-corrected chi connectivity index (χ4v) is 2.48. The summed E-state index contributed by atoms with van der Waals surface area (Å²) in [6.07, 6.45) is 2.18. The van der Waals surface area contributed by atoms with Gasteiger partial charge in [-0.15, -0.1) is 0 Å². The van der Waals surface area contributed by atoms with Crippen LogP contribution in [0.25, 0.3) is 0 Å². The molecule has 1 aliphatic heterocycles. The van der Waals surface area contributed by atoms with E-state index >= 15 is 0 Å². The molecule has 0 aliphatic carbocycles. The number of hydroxylamine groups is 2. The molecule has 0 spiro atoms. The van der Waals surface area contributed by atoms with E-state index in [2.05, 4.69) is 5.32 Å². The molecule has 0 aromatic heterocycles. The Morgan fingerprint density at radius 3 is 2.17 bits per heavy atom. The van der Waals surface area contributed by atoms with Crippen molar-refractivity contribution in [3.05, 3.63) is 0 Å². The highest BCUT2D eigenvalue weighted by molar-refractivity contribution is 5.76. The van der Waals surface area contributed by atoms with Gasteiger partial charge in [0.15, 0.2) is 0 Å². The van der Waals surface area contributed by atoms with Crippen molar-refractivity contribution in [2.75, 3.05) is 0 Å². The van der Waals surface area contributed by atoms with E-state index in [1.165, 1.54) is 5.06 Å². The van der Waals surface area contributed by atoms with E-state index < -0.39 is 5.54 Å². The maximum Gasteiger partial charge on any atom is 0.220 e. The van der Waals surface area contributed by atoms with Crippen LogP contribution in [0.15, 0.2) is 0 Å². The van der Waals surface area contributed by atoms with Gasteiger partial charge in [0.05, 0.1) is 11.6 Å². The van der Waals surface area contributed by atoms with Gasteiger partial charge in [0.1, 0.15) is 0 Å². The molecule has 1 unspecified atom stereocenters. The van der Waals surface area contributed by atoms with Gasteiger partial charge in [0, 0.05) is 12.0 Å². The fraction of sp³-hybridized carbons (Fsp3) is 0.929. The summed E-state index contributed by atoms with van der Waals surface area (Å²) in [4.78, 5) is 11.6. The number of nitrogens with one attached hydrogen (secondary N) is 1. The SMILES string of the molecule is CC.CCCC(=O)NC1CC(C)(C)N(O)C1(C)C. The van der Waals surface area contributed by atoms with E-state index in [4.69, 9.17) is 0 Å². The van der Waals surface area contributed by atoms with E-state index in [-0.39, 0.29) is 17.5 Å². The van der Waals surface area contributed by atoms with Crippen LogP contribution in [-0.2, 0) is 4.79 Å². The molecule has 4 nitrogen and oxygen atoms in total. The van der Waals surface area contributed by atoms with Crippen molar-refractivity contribution in [3.63, 3.8) is 0 Å². The van der Waals surface area contributed by atoms with Gasteiger partial charge in [-0.25, -0.2) is 0 Å². The minimum absolute atomic E-state index is 0.00606. The first kappa shape index (κ1) is 17.4. The highest BCUT2D eigenvalue weighted by Crippen LogP contribution is 2.38. The first-order valence-electron chi connectivity index (χ1n) is 7.00. The number of carbonyl (C=O) groups excluding carboxylic acids is 1. The molecule has 1 atom stereocenters. The molecule has 1 aliphatic rings. The second-order valence-corrected chi connectivity index (χ2v) is 5.85. The second-order valence-electron chi connectivity index (χ2n) is 5.85. The first-order chi connectivity index (χ1) is 8.21. The number of rotatable bonds is 3. The summed E-state index contributed by atoms with van der Waals surface area (Å²) >= 11 is 0. The Hall–Kier alpha value is -0.610. The normalized spacial score (nSPS) is 25.2. The lowest BCUT2D eigenvalue weighted by molar-refractivity contribution is -0.194. The minimum Gasteiger partial charge on any atom is -0.351 e. The highest BCUT2D eigenvalue weighted by atomic mass is 16.5. The maximum absolute atomic E-state index is 11.6. The topological polar surface area (TPSA) is 52.6 Å². The molecule has 0 bridgehead atoms. The van der Waals surface area contributed by atoms with Gasteiger partial charge in [-0.2, -0.15) is 5.06 Å². The minimum atomic E-state index is -0.410. The van der Waals surface area contributed by atoms with Crippen LogP contribution in [0.4, 0.5) is 0 Å². The number of nitrogens with zero attached hydrogens (tertiary/aromatic N) is 1. The smallest absolute Gasteiger partial charge is 0.220 e. The second kappa shape index (κ2) is 6.53. The van der Waals surface area contributed by atoms with Crippen molar-refractivity contribution in [1.82, 2.24) is 10.4 Å². The molecule has 2 N–H and O–H groups in total. The third-order valence-corrected chi connectivity index (χ3v) is 3.49. The summed E-state index contributed by atoms with van der Waals surface area (Å²) in [7, 11) is 0. The molecule has 0 aromatic carbocycles. The van der Waals surface area contributed by atoms with Crippen molar-refractivity contribution in [2.24, 2.45) is 0 Å². The predicted octanol–water partition coefficient (Wildman–Crippen LogP) is 2.95. The summed E-state index contributed by atoms with van der Waals surface area (Å²) in [6, 6.07) is 0.00606. The van der Waals surface area contributed by atoms with Crippen molar-refractivity contribution < 1.29 is 10.0 Å². The summed E-state index contributed by atoms with van der Waals surface area (Å²) in [5.41, 5.74) is -0.694. The van der Waals surface area contributed by atoms with Crippen LogP contribution in [-0.4, -0.2) is 33.3 Å². The lowest BCUT2D eigenvalue weighted by Crippen LogP contribution is -2.53. The molecule has 1 rings (SSSR count). The molecule has 1 amide bonds. The zero-order valence-electron chi connectivity index (χ0n) is 13.0. The number of carbonyl (C=O) groups is 1. The van der Waals surface area contributed by atoms with Gasteiger partial charge in [0.25, 0.3) is 0 Å². The third kappa shape index (κ3) is 3.69. The average Bonchev–Trinajstić information content (AvgIpc) is 2.43. The maximum atomic E-state index is 11.6. The number of hydrogen-bond acceptors (Lipinski definition) is 3. The predicted molar refractivity (Wildman–Crippen MR) is 74.6 cm³/mol. The van der Waals surface area contributed by atoms with E-state index in [0.717, 1.165) is 12.8 Å². The van der Waals surface area contributed by atoms with Crippen LogP contribution in [0.5, 0.6) is 0 Å². The number of hydrogen-bond donors (Lipinski definition) is 2. The third-order valence-electron chi connectivity index (χ3n) is 3.49. The standard InChI is InChI=1S/C12H24N2O2.C2H6/c1-6-7-10(15)13-9-8-11(2,3)14(16)12(9,4)5;1-2/h9,16H,6-8H2,1-5H3,(H,13,15);1-2H3. The Kier molecular flexibility index (Phi) is 6.30. The molecule has 108 valence electrons. The van der Waals surface area contributed by atoms with E-state index in [0.29, 0.717) is 6.42 Å². The van der Waals surface area contributed by atoms with Gasteiger partial charge < -0.3 is 10.5 Å². The highest BCUT2D eigenvalue weighted by Gasteiger charge is 2.51. The monoisotopic (exact) mass is 258 g/mol. The van der Waals surface area contributed by atoms with E-state index in [9.17, 15) is 10.0 Å². The van der Waals surface area contributed by atoms with Gasteiger partial charge in [-0.05, 0) is 40.5 Å². The Morgan fingerprint density at radius 2 is 1.83 bits per heavy atom.